The first-order valence-corrected chi connectivity index (χ1v) is 11.2. The van der Waals surface area contributed by atoms with E-state index in [0.29, 0.717) is 48.2 Å². The maximum atomic E-state index is 12.9. The maximum absolute atomic E-state index is 12.9. The number of fused-ring (bicyclic) bond motifs is 1. The molecule has 6 nitrogen and oxygen atoms in total. The molecule has 8 heteroatoms. The summed E-state index contributed by atoms with van der Waals surface area (Å²) in [5.74, 6) is -0.876. The Balaban J connectivity index is 1.53. The highest BCUT2D eigenvalue weighted by Crippen LogP contribution is 2.38. The molecule has 1 amide bonds. The number of hydrogen-bond acceptors (Lipinski definition) is 6. The fraction of sp³-hybridized carbons (Fsp3) is 0.455. The van der Waals surface area contributed by atoms with Gasteiger partial charge in [-0.2, -0.15) is 0 Å². The molecule has 4 rings (SSSR count). The zero-order chi connectivity index (χ0) is 23.6. The summed E-state index contributed by atoms with van der Waals surface area (Å²) in [6.45, 7) is 2.30. The molecular formula is C22H25ClN2O4S. The second kappa shape index (κ2) is 9.37. The number of amides is 1. The van der Waals surface area contributed by atoms with Crippen molar-refractivity contribution in [1.29, 1.82) is 0 Å². The van der Waals surface area contributed by atoms with Crippen LogP contribution in [0.25, 0.3) is 0 Å². The van der Waals surface area contributed by atoms with Gasteiger partial charge in [-0.25, -0.2) is 9.59 Å². The van der Waals surface area contributed by atoms with Crippen LogP contribution >= 0.6 is 22.9 Å². The quantitative estimate of drug-likeness (QED) is 0.633. The lowest BCUT2D eigenvalue weighted by Gasteiger charge is -2.33. The number of benzene rings is 1. The fourth-order valence-electron chi connectivity index (χ4n) is 4.05. The molecule has 0 spiro atoms. The Morgan fingerprint density at radius 1 is 1.20 bits per heavy atom. The van der Waals surface area contributed by atoms with E-state index in [1.807, 2.05) is 11.0 Å². The minimum absolute atomic E-state index is 0.333. The molecule has 160 valence electrons. The first kappa shape index (κ1) is 17.6. The predicted molar refractivity (Wildman–Crippen MR) is 116 cm³/mol. The molecular weight excluding hydrogens is 424 g/mol. The number of likely N-dealkylation sites (tertiary alicyclic amines) is 1. The topological polar surface area (TPSA) is 59.1 Å². The van der Waals surface area contributed by atoms with E-state index in [2.05, 4.69) is 0 Å². The molecule has 1 saturated heterocycles. The van der Waals surface area contributed by atoms with Crippen molar-refractivity contribution >= 4 is 35.0 Å². The molecule has 0 unspecified atom stereocenters. The van der Waals surface area contributed by atoms with Gasteiger partial charge in [0.05, 0.1) is 11.2 Å². The van der Waals surface area contributed by atoms with Gasteiger partial charge in [0.25, 0.3) is 0 Å². The summed E-state index contributed by atoms with van der Waals surface area (Å²) < 4.78 is 32.4. The number of hydrogen-bond donors (Lipinski definition) is 0. The number of methoxy groups -OCH3 is 1. The van der Waals surface area contributed by atoms with Gasteiger partial charge in [-0.3, -0.25) is 4.90 Å². The molecule has 0 radical (unpaired) electrons. The minimum Gasteiger partial charge on any atom is -0.468 e. The fourth-order valence-corrected chi connectivity index (χ4v) is 5.29. The first-order valence-electron chi connectivity index (χ1n) is 11.5. The standard InChI is InChI=1S/C22H25ClN2O4S/c1-28-21(26)20(16-7-3-4-8-17(16)23)25-12-9-18-15(14-25)13-19(30-18)29-22(27)24-10-5-2-6-11-24/h3-4,7-8,13,20H,2,5-6,9-12,14H2,1H3/t20-/m0/s1/i1D3. The lowest BCUT2D eigenvalue weighted by Crippen LogP contribution is -2.38. The van der Waals surface area contributed by atoms with Crippen molar-refractivity contribution in [3.63, 3.8) is 0 Å². The lowest BCUT2D eigenvalue weighted by molar-refractivity contribution is -0.147. The molecule has 1 aromatic carbocycles. The number of carbonyl (C=O) groups is 2. The normalized spacial score (nSPS) is 19.8. The average Bonchev–Trinajstić information content (AvgIpc) is 3.16. The SMILES string of the molecule is [2H]C([2H])([2H])OC(=O)[C@H](c1ccccc1Cl)N1CCc2sc(OC(=O)N3CCCCC3)cc2C1. The Morgan fingerprint density at radius 3 is 2.77 bits per heavy atom. The second-order valence-corrected chi connectivity index (χ2v) is 9.00. The van der Waals surface area contributed by atoms with E-state index in [9.17, 15) is 9.59 Å². The second-order valence-electron chi connectivity index (χ2n) is 7.50. The number of rotatable bonds is 4. The largest absolute Gasteiger partial charge is 0.468 e. The van der Waals surface area contributed by atoms with Crippen molar-refractivity contribution in [2.24, 2.45) is 0 Å². The number of halogens is 1. The zero-order valence-electron chi connectivity index (χ0n) is 19.4. The summed E-state index contributed by atoms with van der Waals surface area (Å²) in [6, 6.07) is 7.70. The summed E-state index contributed by atoms with van der Waals surface area (Å²) >= 11 is 7.78. The molecule has 0 aliphatic carbocycles. The Labute approximate surface area is 189 Å². The third kappa shape index (κ3) is 4.48. The molecule has 1 fully saturated rings. The predicted octanol–water partition coefficient (Wildman–Crippen LogP) is 4.66. The number of piperidine rings is 1. The van der Waals surface area contributed by atoms with Gasteiger partial charge in [-0.15, -0.1) is 11.3 Å². The minimum atomic E-state index is -2.85. The van der Waals surface area contributed by atoms with Crippen LogP contribution in [0.1, 0.15) is 45.4 Å². The third-order valence-electron chi connectivity index (χ3n) is 5.56. The van der Waals surface area contributed by atoms with E-state index in [0.717, 1.165) is 29.7 Å². The number of thiophene rings is 1. The average molecular weight is 452 g/mol. The Kier molecular flexibility index (Phi) is 5.49. The van der Waals surface area contributed by atoms with Crippen LogP contribution in [0.2, 0.25) is 5.02 Å². The van der Waals surface area contributed by atoms with Gasteiger partial charge < -0.3 is 14.4 Å². The van der Waals surface area contributed by atoms with Crippen LogP contribution in [0.15, 0.2) is 30.3 Å². The molecule has 0 N–H and O–H groups in total. The highest BCUT2D eigenvalue weighted by atomic mass is 35.5. The van der Waals surface area contributed by atoms with Crippen LogP contribution in [0, 0.1) is 0 Å². The van der Waals surface area contributed by atoms with Crippen molar-refractivity contribution in [2.75, 3.05) is 26.7 Å². The van der Waals surface area contributed by atoms with Crippen LogP contribution in [0.4, 0.5) is 4.79 Å². The van der Waals surface area contributed by atoms with E-state index in [1.165, 1.54) is 11.3 Å². The Morgan fingerprint density at radius 2 is 2.00 bits per heavy atom. The van der Waals surface area contributed by atoms with Crippen molar-refractivity contribution in [1.82, 2.24) is 9.80 Å². The Hall–Kier alpha value is -2.09. The first-order chi connectivity index (χ1) is 15.7. The zero-order valence-corrected chi connectivity index (χ0v) is 18.0. The summed E-state index contributed by atoms with van der Waals surface area (Å²) in [5.41, 5.74) is 1.43. The summed E-state index contributed by atoms with van der Waals surface area (Å²) in [4.78, 5) is 30.0. The number of nitrogens with zero attached hydrogens (tertiary/aromatic N) is 2. The molecule has 2 aliphatic rings. The van der Waals surface area contributed by atoms with E-state index in [-0.39, 0.29) is 6.09 Å². The molecule has 2 aliphatic heterocycles. The Bertz CT molecular complexity index is 1020. The van der Waals surface area contributed by atoms with Crippen molar-refractivity contribution in [2.45, 2.75) is 38.3 Å². The van der Waals surface area contributed by atoms with E-state index in [4.69, 9.17) is 25.2 Å². The third-order valence-corrected chi connectivity index (χ3v) is 7.02. The number of carbonyl (C=O) groups excluding carboxylic acids is 2. The van der Waals surface area contributed by atoms with E-state index >= 15 is 0 Å². The molecule has 1 atom stereocenters. The van der Waals surface area contributed by atoms with Gasteiger partial charge in [-0.1, -0.05) is 29.8 Å². The van der Waals surface area contributed by atoms with E-state index in [1.54, 1.807) is 29.2 Å². The van der Waals surface area contributed by atoms with Gasteiger partial charge in [0.15, 0.2) is 5.06 Å². The van der Waals surface area contributed by atoms with Crippen molar-refractivity contribution in [3.05, 3.63) is 51.4 Å². The molecule has 0 bridgehead atoms. The molecule has 1 aromatic heterocycles. The highest BCUT2D eigenvalue weighted by Gasteiger charge is 2.33. The van der Waals surface area contributed by atoms with Gasteiger partial charge in [0.2, 0.25) is 0 Å². The maximum Gasteiger partial charge on any atom is 0.416 e. The lowest BCUT2D eigenvalue weighted by atomic mass is 10.0. The molecule has 30 heavy (non-hydrogen) atoms. The van der Waals surface area contributed by atoms with Gasteiger partial charge >= 0.3 is 12.1 Å². The number of esters is 1. The van der Waals surface area contributed by atoms with Gasteiger partial charge in [0, 0.05) is 36.1 Å². The smallest absolute Gasteiger partial charge is 0.416 e. The van der Waals surface area contributed by atoms with Crippen molar-refractivity contribution < 1.29 is 23.2 Å². The summed E-state index contributed by atoms with van der Waals surface area (Å²) in [6.07, 6.45) is 3.40. The van der Waals surface area contributed by atoms with Crippen LogP contribution in [0.5, 0.6) is 5.06 Å². The van der Waals surface area contributed by atoms with Crippen LogP contribution in [0.3, 0.4) is 0 Å². The van der Waals surface area contributed by atoms with Crippen LogP contribution in [-0.4, -0.2) is 48.5 Å². The number of ether oxygens (including phenoxy) is 2. The molecule has 3 heterocycles. The van der Waals surface area contributed by atoms with Crippen molar-refractivity contribution in [3.8, 4) is 5.06 Å². The highest BCUT2D eigenvalue weighted by molar-refractivity contribution is 7.14. The van der Waals surface area contributed by atoms with Gasteiger partial charge in [0.1, 0.15) is 6.04 Å². The molecule has 0 saturated carbocycles. The summed E-state index contributed by atoms with van der Waals surface area (Å²) in [7, 11) is -2.85. The van der Waals surface area contributed by atoms with Crippen LogP contribution in [-0.2, 0) is 22.5 Å². The molecule has 2 aromatic rings. The van der Waals surface area contributed by atoms with Crippen LogP contribution < -0.4 is 4.74 Å². The monoisotopic (exact) mass is 451 g/mol. The summed E-state index contributed by atoms with van der Waals surface area (Å²) in [5, 5.41) is 0.883. The van der Waals surface area contributed by atoms with Gasteiger partial charge in [-0.05, 0) is 48.9 Å². The van der Waals surface area contributed by atoms with E-state index < -0.39 is 19.0 Å².